The normalized spacial score (nSPS) is 15.2. The van der Waals surface area contributed by atoms with Gasteiger partial charge in [-0.25, -0.2) is 0 Å². The molecule has 1 rings (SSSR count). The van der Waals surface area contributed by atoms with E-state index in [1.807, 2.05) is 0 Å². The maximum absolute atomic E-state index is 12.3. The van der Waals surface area contributed by atoms with Crippen molar-refractivity contribution in [1.29, 1.82) is 0 Å². The molecule has 1 heterocycles. The van der Waals surface area contributed by atoms with Crippen molar-refractivity contribution in [1.82, 2.24) is 0 Å². The van der Waals surface area contributed by atoms with E-state index in [0.29, 0.717) is 11.3 Å². The van der Waals surface area contributed by atoms with Crippen LogP contribution in [0.3, 0.4) is 0 Å². The quantitative estimate of drug-likeness (QED) is 0.769. The molecule has 1 aromatic heterocycles. The van der Waals surface area contributed by atoms with Gasteiger partial charge in [0.25, 0.3) is 0 Å². The minimum absolute atomic E-state index is 0.114. The van der Waals surface area contributed by atoms with Crippen LogP contribution in [0.2, 0.25) is 8.67 Å². The second-order valence-electron chi connectivity index (χ2n) is 3.29. The van der Waals surface area contributed by atoms with E-state index in [0.717, 1.165) is 6.07 Å². The maximum Gasteiger partial charge on any atom is 0.403 e. The van der Waals surface area contributed by atoms with E-state index in [9.17, 15) is 31.4 Å². The first kappa shape index (κ1) is 15.9. The zero-order chi connectivity index (χ0) is 14.3. The third-order valence-electron chi connectivity index (χ3n) is 2.02. The molecule has 1 nitrogen and oxygen atoms in total. The van der Waals surface area contributed by atoms with Gasteiger partial charge in [0.1, 0.15) is 10.4 Å². The first-order valence-electron chi connectivity index (χ1n) is 4.21. The zero-order valence-corrected chi connectivity index (χ0v) is 10.4. The van der Waals surface area contributed by atoms with E-state index in [1.54, 1.807) is 0 Å². The number of alkyl halides is 6. The summed E-state index contributed by atoms with van der Waals surface area (Å²) in [6, 6.07) is 0.781. The molecule has 18 heavy (non-hydrogen) atoms. The van der Waals surface area contributed by atoms with E-state index < -0.39 is 34.3 Å². The van der Waals surface area contributed by atoms with Gasteiger partial charge in [0.15, 0.2) is 5.92 Å². The fourth-order valence-electron chi connectivity index (χ4n) is 1.28. The van der Waals surface area contributed by atoms with Gasteiger partial charge in [0, 0.05) is 5.56 Å². The number of hydrogen-bond acceptors (Lipinski definition) is 2. The summed E-state index contributed by atoms with van der Waals surface area (Å²) in [7, 11) is 0. The zero-order valence-electron chi connectivity index (χ0n) is 8.11. The monoisotopic (exact) mass is 332 g/mol. The van der Waals surface area contributed by atoms with Gasteiger partial charge in [-0.3, -0.25) is 0 Å². The van der Waals surface area contributed by atoms with Gasteiger partial charge in [-0.1, -0.05) is 23.2 Å². The Hall–Kier alpha value is -0.180. The van der Waals surface area contributed by atoms with Crippen molar-refractivity contribution in [2.75, 3.05) is 0 Å². The second-order valence-corrected chi connectivity index (χ2v) is 5.57. The fourth-order valence-corrected chi connectivity index (χ4v) is 2.82. The molecule has 1 atom stereocenters. The van der Waals surface area contributed by atoms with Gasteiger partial charge in [-0.15, -0.1) is 11.3 Å². The number of aliphatic hydroxyl groups excluding tert-OH is 1. The third-order valence-corrected chi connectivity index (χ3v) is 3.54. The summed E-state index contributed by atoms with van der Waals surface area (Å²) in [4.78, 5) is 0. The molecule has 0 bridgehead atoms. The third kappa shape index (κ3) is 3.43. The highest BCUT2D eigenvalue weighted by Crippen LogP contribution is 2.49. The number of hydrogen-bond donors (Lipinski definition) is 1. The molecule has 0 saturated carbocycles. The Kier molecular flexibility index (Phi) is 4.47. The lowest BCUT2D eigenvalue weighted by Crippen LogP contribution is -2.40. The van der Waals surface area contributed by atoms with Crippen LogP contribution < -0.4 is 0 Å². The molecule has 0 aromatic carbocycles. The summed E-state index contributed by atoms with van der Waals surface area (Å²) >= 11 is 11.4. The van der Waals surface area contributed by atoms with E-state index in [-0.39, 0.29) is 4.34 Å². The SMILES string of the molecule is OC(c1cc(Cl)sc1Cl)C(C(F)(F)F)C(F)(F)F. The lowest BCUT2D eigenvalue weighted by atomic mass is 9.96. The van der Waals surface area contributed by atoms with Crippen LogP contribution in [0.4, 0.5) is 26.3 Å². The first-order valence-corrected chi connectivity index (χ1v) is 5.78. The predicted molar refractivity (Wildman–Crippen MR) is 54.9 cm³/mol. The molecule has 0 spiro atoms. The van der Waals surface area contributed by atoms with E-state index in [4.69, 9.17) is 23.2 Å². The summed E-state index contributed by atoms with van der Waals surface area (Å²) in [5.74, 6) is -3.91. The van der Waals surface area contributed by atoms with Gasteiger partial charge < -0.3 is 5.11 Å². The fraction of sp³-hybridized carbons (Fsp3) is 0.500. The predicted octanol–water partition coefficient (Wildman–Crippen LogP) is 4.83. The average molecular weight is 333 g/mol. The molecule has 0 aliphatic carbocycles. The topological polar surface area (TPSA) is 20.2 Å². The van der Waals surface area contributed by atoms with Crippen LogP contribution in [0.1, 0.15) is 11.7 Å². The largest absolute Gasteiger partial charge is 0.403 e. The molecule has 0 saturated heterocycles. The van der Waals surface area contributed by atoms with Crippen LogP contribution in [-0.4, -0.2) is 17.5 Å². The first-order chi connectivity index (χ1) is 7.94. The Labute approximate surface area is 111 Å². The molecule has 0 fully saturated rings. The van der Waals surface area contributed by atoms with Crippen molar-refractivity contribution in [2.24, 2.45) is 5.92 Å². The number of rotatable bonds is 2. The van der Waals surface area contributed by atoms with E-state index >= 15 is 0 Å². The van der Waals surface area contributed by atoms with Crippen molar-refractivity contribution in [3.63, 3.8) is 0 Å². The van der Waals surface area contributed by atoms with Crippen LogP contribution in [0, 0.1) is 5.92 Å². The van der Waals surface area contributed by atoms with Crippen molar-refractivity contribution >= 4 is 34.5 Å². The average Bonchev–Trinajstić information content (AvgIpc) is 2.39. The minimum atomic E-state index is -5.64. The summed E-state index contributed by atoms with van der Waals surface area (Å²) < 4.78 is 73.5. The molecule has 0 amide bonds. The van der Waals surface area contributed by atoms with Gasteiger partial charge in [-0.2, -0.15) is 26.3 Å². The summed E-state index contributed by atoms with van der Waals surface area (Å²) in [6.45, 7) is 0. The molecule has 1 aromatic rings. The lowest BCUT2D eigenvalue weighted by molar-refractivity contribution is -0.307. The molecule has 0 aliphatic heterocycles. The molecule has 104 valence electrons. The highest BCUT2D eigenvalue weighted by Gasteiger charge is 2.60. The Morgan fingerprint density at radius 2 is 1.50 bits per heavy atom. The Morgan fingerprint density at radius 3 is 1.78 bits per heavy atom. The van der Waals surface area contributed by atoms with E-state index in [2.05, 4.69) is 0 Å². The molecule has 0 radical (unpaired) electrons. The highest BCUT2D eigenvalue weighted by atomic mass is 35.5. The number of thiophene rings is 1. The summed E-state index contributed by atoms with van der Waals surface area (Å²) in [5.41, 5.74) is -0.689. The Morgan fingerprint density at radius 1 is 1.06 bits per heavy atom. The Bertz CT molecular complexity index is 412. The van der Waals surface area contributed by atoms with Crippen LogP contribution in [0.5, 0.6) is 0 Å². The molecule has 1 unspecified atom stereocenters. The summed E-state index contributed by atoms with van der Waals surface area (Å²) in [5, 5.41) is 9.27. The van der Waals surface area contributed by atoms with Crippen molar-refractivity contribution in [3.8, 4) is 0 Å². The van der Waals surface area contributed by atoms with Gasteiger partial charge in [0.05, 0.1) is 4.34 Å². The number of aliphatic hydroxyl groups is 1. The smallest absolute Gasteiger partial charge is 0.387 e. The molecule has 10 heteroatoms. The van der Waals surface area contributed by atoms with Crippen LogP contribution in [0.25, 0.3) is 0 Å². The molecular formula is C8H4Cl2F6OS. The molecule has 0 aliphatic rings. The minimum Gasteiger partial charge on any atom is -0.387 e. The Balaban J connectivity index is 3.19. The highest BCUT2D eigenvalue weighted by molar-refractivity contribution is 7.20. The van der Waals surface area contributed by atoms with Crippen molar-refractivity contribution in [2.45, 2.75) is 18.5 Å². The van der Waals surface area contributed by atoms with Crippen LogP contribution in [0.15, 0.2) is 6.07 Å². The van der Waals surface area contributed by atoms with Gasteiger partial charge in [-0.05, 0) is 6.07 Å². The molecule has 1 N–H and O–H groups in total. The van der Waals surface area contributed by atoms with Gasteiger partial charge in [0.2, 0.25) is 0 Å². The van der Waals surface area contributed by atoms with Crippen LogP contribution in [-0.2, 0) is 0 Å². The summed E-state index contributed by atoms with van der Waals surface area (Å²) in [6.07, 6.45) is -14.1. The standard InChI is InChI=1S/C8H4Cl2F6OS/c9-3-1-2(6(10)18-3)4(17)5(7(11,12)13)8(14,15)16/h1,4-5,17H. The van der Waals surface area contributed by atoms with Crippen molar-refractivity contribution in [3.05, 3.63) is 20.3 Å². The van der Waals surface area contributed by atoms with Crippen LogP contribution >= 0.6 is 34.5 Å². The van der Waals surface area contributed by atoms with Crippen molar-refractivity contribution < 1.29 is 31.4 Å². The van der Waals surface area contributed by atoms with Gasteiger partial charge >= 0.3 is 12.4 Å². The second kappa shape index (κ2) is 5.07. The lowest BCUT2D eigenvalue weighted by Gasteiger charge is -2.27. The number of halogens is 8. The van der Waals surface area contributed by atoms with E-state index in [1.165, 1.54) is 0 Å². The maximum atomic E-state index is 12.3. The molecular weight excluding hydrogens is 329 g/mol.